The van der Waals surface area contributed by atoms with Gasteiger partial charge in [0.2, 0.25) is 0 Å². The van der Waals surface area contributed by atoms with E-state index in [0.717, 1.165) is 11.1 Å². The third-order valence-electron chi connectivity index (χ3n) is 2.75. The summed E-state index contributed by atoms with van der Waals surface area (Å²) in [5.41, 5.74) is 4.44. The SMILES string of the molecule is Cc1ccc(C(O)c2csc(I)c2)cc1C. The lowest BCUT2D eigenvalue weighted by molar-refractivity contribution is 0.220. The number of rotatable bonds is 2. The van der Waals surface area contributed by atoms with Crippen LogP contribution in [0.1, 0.15) is 28.4 Å². The van der Waals surface area contributed by atoms with Crippen LogP contribution in [0.5, 0.6) is 0 Å². The molecule has 0 amide bonds. The molecule has 1 N–H and O–H groups in total. The molecule has 16 heavy (non-hydrogen) atoms. The number of hydrogen-bond acceptors (Lipinski definition) is 2. The monoisotopic (exact) mass is 344 g/mol. The second kappa shape index (κ2) is 4.85. The predicted octanol–water partition coefficient (Wildman–Crippen LogP) is 4.05. The van der Waals surface area contributed by atoms with Crippen molar-refractivity contribution >= 4 is 33.9 Å². The minimum absolute atomic E-state index is 0.501. The summed E-state index contributed by atoms with van der Waals surface area (Å²) in [5.74, 6) is 0. The highest BCUT2D eigenvalue weighted by molar-refractivity contribution is 14.1. The van der Waals surface area contributed by atoms with E-state index in [2.05, 4.69) is 48.6 Å². The van der Waals surface area contributed by atoms with Crippen molar-refractivity contribution in [3.8, 4) is 0 Å². The van der Waals surface area contributed by atoms with Gasteiger partial charge in [0.15, 0.2) is 0 Å². The first-order valence-corrected chi connectivity index (χ1v) is 7.03. The van der Waals surface area contributed by atoms with Crippen LogP contribution < -0.4 is 0 Å². The second-order valence-corrected chi connectivity index (χ2v) is 6.74. The average Bonchev–Trinajstić information content (AvgIpc) is 2.68. The lowest BCUT2D eigenvalue weighted by Gasteiger charge is -2.11. The molecule has 0 radical (unpaired) electrons. The molecule has 0 aliphatic heterocycles. The van der Waals surface area contributed by atoms with Crippen molar-refractivity contribution in [3.63, 3.8) is 0 Å². The summed E-state index contributed by atoms with van der Waals surface area (Å²) in [6.07, 6.45) is -0.501. The van der Waals surface area contributed by atoms with Crippen molar-refractivity contribution in [2.45, 2.75) is 20.0 Å². The molecule has 1 aromatic heterocycles. The molecule has 1 aromatic carbocycles. The molecular formula is C13H13IOS. The van der Waals surface area contributed by atoms with Crippen molar-refractivity contribution in [2.24, 2.45) is 0 Å². The summed E-state index contributed by atoms with van der Waals surface area (Å²) in [7, 11) is 0. The maximum atomic E-state index is 10.2. The summed E-state index contributed by atoms with van der Waals surface area (Å²) in [5, 5.41) is 12.2. The van der Waals surface area contributed by atoms with Crippen LogP contribution in [0.15, 0.2) is 29.6 Å². The van der Waals surface area contributed by atoms with Crippen LogP contribution in [0.2, 0.25) is 0 Å². The molecular weight excluding hydrogens is 331 g/mol. The molecule has 0 bridgehead atoms. The Hall–Kier alpha value is -0.390. The van der Waals surface area contributed by atoms with Crippen LogP contribution in [0, 0.1) is 16.7 Å². The molecule has 0 saturated carbocycles. The third kappa shape index (κ3) is 2.47. The minimum Gasteiger partial charge on any atom is -0.384 e. The Morgan fingerprint density at radius 1 is 1.12 bits per heavy atom. The van der Waals surface area contributed by atoms with Crippen LogP contribution in [-0.2, 0) is 0 Å². The van der Waals surface area contributed by atoms with Crippen LogP contribution in [0.4, 0.5) is 0 Å². The molecule has 0 spiro atoms. The van der Waals surface area contributed by atoms with E-state index < -0.39 is 6.10 Å². The van der Waals surface area contributed by atoms with Gasteiger partial charge in [-0.1, -0.05) is 18.2 Å². The fraction of sp³-hybridized carbons (Fsp3) is 0.231. The molecule has 2 rings (SSSR count). The molecule has 0 saturated heterocycles. The normalized spacial score (nSPS) is 12.8. The van der Waals surface area contributed by atoms with Crippen LogP contribution >= 0.6 is 33.9 Å². The number of hydrogen-bond donors (Lipinski definition) is 1. The highest BCUT2D eigenvalue weighted by Gasteiger charge is 2.12. The number of aliphatic hydroxyl groups excluding tert-OH is 1. The van der Waals surface area contributed by atoms with Gasteiger partial charge in [-0.2, -0.15) is 0 Å². The van der Waals surface area contributed by atoms with Gasteiger partial charge < -0.3 is 5.11 Å². The van der Waals surface area contributed by atoms with E-state index in [4.69, 9.17) is 0 Å². The Bertz CT molecular complexity index is 504. The highest BCUT2D eigenvalue weighted by Crippen LogP contribution is 2.28. The molecule has 0 fully saturated rings. The largest absolute Gasteiger partial charge is 0.384 e. The fourth-order valence-corrected chi connectivity index (χ4v) is 2.98. The molecule has 2 aromatic rings. The van der Waals surface area contributed by atoms with Crippen molar-refractivity contribution in [3.05, 3.63) is 54.8 Å². The van der Waals surface area contributed by atoms with E-state index >= 15 is 0 Å². The zero-order valence-electron chi connectivity index (χ0n) is 9.20. The van der Waals surface area contributed by atoms with Gasteiger partial charge >= 0.3 is 0 Å². The van der Waals surface area contributed by atoms with E-state index in [1.165, 1.54) is 14.0 Å². The van der Waals surface area contributed by atoms with E-state index in [1.807, 2.05) is 17.5 Å². The summed E-state index contributed by atoms with van der Waals surface area (Å²) in [6.45, 7) is 4.15. The Labute approximate surface area is 113 Å². The lowest BCUT2D eigenvalue weighted by atomic mass is 10.00. The summed E-state index contributed by atoms with van der Waals surface area (Å²) in [6, 6.07) is 8.15. The first-order valence-electron chi connectivity index (χ1n) is 5.07. The lowest BCUT2D eigenvalue weighted by Crippen LogP contribution is -1.98. The Morgan fingerprint density at radius 3 is 2.44 bits per heavy atom. The van der Waals surface area contributed by atoms with Gasteiger partial charge in [0.05, 0.1) is 2.88 Å². The van der Waals surface area contributed by atoms with Gasteiger partial charge in [-0.3, -0.25) is 0 Å². The average molecular weight is 344 g/mol. The molecule has 1 heterocycles. The summed E-state index contributed by atoms with van der Waals surface area (Å²) >= 11 is 3.93. The number of thiophene rings is 1. The van der Waals surface area contributed by atoms with Crippen LogP contribution in [0.3, 0.4) is 0 Å². The quantitative estimate of drug-likeness (QED) is 0.815. The van der Waals surface area contributed by atoms with E-state index in [1.54, 1.807) is 11.3 Å². The van der Waals surface area contributed by atoms with Gasteiger partial charge in [-0.05, 0) is 70.1 Å². The van der Waals surface area contributed by atoms with Crippen molar-refractivity contribution in [2.75, 3.05) is 0 Å². The maximum Gasteiger partial charge on any atom is 0.105 e. The predicted molar refractivity (Wildman–Crippen MR) is 77.0 cm³/mol. The smallest absolute Gasteiger partial charge is 0.105 e. The van der Waals surface area contributed by atoms with E-state index in [9.17, 15) is 5.11 Å². The molecule has 1 atom stereocenters. The highest BCUT2D eigenvalue weighted by atomic mass is 127. The minimum atomic E-state index is -0.501. The molecule has 0 aliphatic rings. The third-order valence-corrected chi connectivity index (χ3v) is 4.56. The van der Waals surface area contributed by atoms with E-state index in [0.29, 0.717) is 0 Å². The summed E-state index contributed by atoms with van der Waals surface area (Å²) in [4.78, 5) is 0. The molecule has 1 unspecified atom stereocenters. The molecule has 84 valence electrons. The molecule has 3 heteroatoms. The zero-order chi connectivity index (χ0) is 11.7. The number of halogens is 1. The van der Waals surface area contributed by atoms with Gasteiger partial charge in [0, 0.05) is 0 Å². The Kier molecular flexibility index (Phi) is 3.66. The Balaban J connectivity index is 2.33. The number of aliphatic hydroxyl groups is 1. The second-order valence-electron chi connectivity index (χ2n) is 3.93. The number of aryl methyl sites for hydroxylation is 2. The topological polar surface area (TPSA) is 20.2 Å². The summed E-state index contributed by atoms with van der Waals surface area (Å²) < 4.78 is 1.20. The first-order chi connectivity index (χ1) is 7.58. The fourth-order valence-electron chi connectivity index (χ4n) is 1.59. The van der Waals surface area contributed by atoms with Crippen LogP contribution in [0.25, 0.3) is 0 Å². The molecule has 1 nitrogen and oxygen atoms in total. The maximum absolute atomic E-state index is 10.2. The van der Waals surface area contributed by atoms with E-state index in [-0.39, 0.29) is 0 Å². The van der Waals surface area contributed by atoms with Crippen LogP contribution in [-0.4, -0.2) is 5.11 Å². The van der Waals surface area contributed by atoms with Gasteiger partial charge in [0.1, 0.15) is 6.10 Å². The van der Waals surface area contributed by atoms with Crippen molar-refractivity contribution in [1.82, 2.24) is 0 Å². The Morgan fingerprint density at radius 2 is 1.88 bits per heavy atom. The van der Waals surface area contributed by atoms with Crippen molar-refractivity contribution in [1.29, 1.82) is 0 Å². The molecule has 0 aliphatic carbocycles. The zero-order valence-corrected chi connectivity index (χ0v) is 12.2. The van der Waals surface area contributed by atoms with Crippen molar-refractivity contribution < 1.29 is 5.11 Å². The first kappa shape index (κ1) is 12.1. The van der Waals surface area contributed by atoms with Gasteiger partial charge in [-0.15, -0.1) is 11.3 Å². The van der Waals surface area contributed by atoms with Gasteiger partial charge in [-0.25, -0.2) is 0 Å². The standard InChI is InChI=1S/C13H13IOS/c1-8-3-4-10(5-9(8)2)13(15)11-6-12(14)16-7-11/h3-7,13,15H,1-2H3. The number of benzene rings is 1. The van der Waals surface area contributed by atoms with Gasteiger partial charge in [0.25, 0.3) is 0 Å².